The molecule has 110 valence electrons. The van der Waals surface area contributed by atoms with Gasteiger partial charge in [-0.05, 0) is 44.2 Å². The van der Waals surface area contributed by atoms with Gasteiger partial charge in [0.2, 0.25) is 0 Å². The maximum absolute atomic E-state index is 12.3. The summed E-state index contributed by atoms with van der Waals surface area (Å²) >= 11 is 0. The number of amides is 1. The summed E-state index contributed by atoms with van der Waals surface area (Å²) in [5.41, 5.74) is 1.94. The Morgan fingerprint density at radius 3 is 2.65 bits per heavy atom. The summed E-state index contributed by atoms with van der Waals surface area (Å²) in [6.07, 6.45) is 5.62. The molecular formula is C16H25N3O. The highest BCUT2D eigenvalue weighted by atomic mass is 16.2. The van der Waals surface area contributed by atoms with E-state index in [4.69, 9.17) is 0 Å². The lowest BCUT2D eigenvalue weighted by atomic mass is 9.70. The van der Waals surface area contributed by atoms with E-state index in [1.165, 1.54) is 19.3 Å². The molecule has 1 fully saturated rings. The molecule has 1 amide bonds. The van der Waals surface area contributed by atoms with Gasteiger partial charge < -0.3 is 10.2 Å². The Labute approximate surface area is 121 Å². The number of hydrogen-bond acceptors (Lipinski definition) is 3. The van der Waals surface area contributed by atoms with E-state index < -0.39 is 0 Å². The molecule has 1 aromatic heterocycles. The van der Waals surface area contributed by atoms with E-state index in [0.717, 1.165) is 12.2 Å². The van der Waals surface area contributed by atoms with E-state index in [-0.39, 0.29) is 5.91 Å². The molecular weight excluding hydrogens is 250 g/mol. The van der Waals surface area contributed by atoms with Crippen LogP contribution in [0, 0.1) is 5.41 Å². The summed E-state index contributed by atoms with van der Waals surface area (Å²) < 4.78 is 0. The number of pyridine rings is 1. The molecule has 0 atom stereocenters. The second-order valence-electron chi connectivity index (χ2n) is 5.92. The van der Waals surface area contributed by atoms with Crippen LogP contribution in [0.5, 0.6) is 0 Å². The van der Waals surface area contributed by atoms with Crippen LogP contribution in [0.2, 0.25) is 0 Å². The highest BCUT2D eigenvalue weighted by Crippen LogP contribution is 2.40. The number of anilines is 1. The summed E-state index contributed by atoms with van der Waals surface area (Å²) in [5.74, 6) is 0.00788. The molecule has 0 spiro atoms. The van der Waals surface area contributed by atoms with Gasteiger partial charge in [0, 0.05) is 31.5 Å². The largest absolute Gasteiger partial charge is 0.384 e. The van der Waals surface area contributed by atoms with Crippen molar-refractivity contribution in [3.63, 3.8) is 0 Å². The fourth-order valence-corrected chi connectivity index (χ4v) is 2.60. The average Bonchev–Trinajstić information content (AvgIpc) is 2.44. The molecule has 4 heteroatoms. The lowest BCUT2D eigenvalue weighted by Gasteiger charge is -2.38. The van der Waals surface area contributed by atoms with Crippen molar-refractivity contribution in [3.05, 3.63) is 24.0 Å². The summed E-state index contributed by atoms with van der Waals surface area (Å²) in [6.45, 7) is 8.68. The van der Waals surface area contributed by atoms with Gasteiger partial charge in [0.15, 0.2) is 0 Å². The molecule has 1 heterocycles. The van der Waals surface area contributed by atoms with Gasteiger partial charge in [0.05, 0.1) is 0 Å². The highest BCUT2D eigenvalue weighted by molar-refractivity contribution is 5.93. The molecule has 1 aliphatic carbocycles. The van der Waals surface area contributed by atoms with Crippen molar-refractivity contribution in [2.45, 2.75) is 40.0 Å². The molecule has 1 aromatic rings. The quantitative estimate of drug-likeness (QED) is 0.867. The van der Waals surface area contributed by atoms with Crippen molar-refractivity contribution < 1.29 is 4.79 Å². The summed E-state index contributed by atoms with van der Waals surface area (Å²) in [7, 11) is 0. The third-order valence-electron chi connectivity index (χ3n) is 4.31. The fourth-order valence-electron chi connectivity index (χ4n) is 2.60. The van der Waals surface area contributed by atoms with Crippen LogP contribution in [0.3, 0.4) is 0 Å². The van der Waals surface area contributed by atoms with Crippen molar-refractivity contribution in [1.29, 1.82) is 0 Å². The van der Waals surface area contributed by atoms with Gasteiger partial charge in [-0.15, -0.1) is 0 Å². The number of rotatable bonds is 6. The number of hydrogen-bond donors (Lipinski definition) is 1. The normalized spacial score (nSPS) is 16.4. The Hall–Kier alpha value is -1.58. The summed E-state index contributed by atoms with van der Waals surface area (Å²) in [6, 6.07) is 3.80. The first-order valence-electron chi connectivity index (χ1n) is 7.57. The second kappa shape index (κ2) is 6.25. The Morgan fingerprint density at radius 1 is 1.40 bits per heavy atom. The second-order valence-corrected chi connectivity index (χ2v) is 5.92. The smallest absolute Gasteiger partial charge is 0.272 e. The minimum Gasteiger partial charge on any atom is -0.384 e. The standard InChI is InChI=1S/C16H25N3O/c1-4-19(5-2)15(20)14-11-13(7-10-17-14)18-12-16(3)8-6-9-16/h7,10-11H,4-6,8-9,12H2,1-3H3,(H,17,18). The van der Waals surface area contributed by atoms with Crippen LogP contribution < -0.4 is 5.32 Å². The van der Waals surface area contributed by atoms with Gasteiger partial charge in [-0.25, -0.2) is 0 Å². The van der Waals surface area contributed by atoms with Crippen molar-refractivity contribution in [2.24, 2.45) is 5.41 Å². The molecule has 0 saturated heterocycles. The number of aromatic nitrogens is 1. The molecule has 0 aliphatic heterocycles. The molecule has 0 radical (unpaired) electrons. The molecule has 2 rings (SSSR count). The van der Waals surface area contributed by atoms with E-state index in [1.54, 1.807) is 11.1 Å². The van der Waals surface area contributed by atoms with E-state index in [0.29, 0.717) is 24.2 Å². The first-order valence-corrected chi connectivity index (χ1v) is 7.57. The fraction of sp³-hybridized carbons (Fsp3) is 0.625. The van der Waals surface area contributed by atoms with Gasteiger partial charge in [-0.1, -0.05) is 13.3 Å². The van der Waals surface area contributed by atoms with E-state index in [2.05, 4.69) is 17.2 Å². The van der Waals surface area contributed by atoms with Crippen molar-refractivity contribution in [1.82, 2.24) is 9.88 Å². The minimum atomic E-state index is 0.00788. The number of carbonyl (C=O) groups excluding carboxylic acids is 1. The van der Waals surface area contributed by atoms with Gasteiger partial charge in [-0.3, -0.25) is 9.78 Å². The molecule has 1 aliphatic rings. The predicted octanol–water partition coefficient (Wildman–Crippen LogP) is 3.17. The number of nitrogens with one attached hydrogen (secondary N) is 1. The Kier molecular flexibility index (Phi) is 4.63. The number of nitrogens with zero attached hydrogens (tertiary/aromatic N) is 2. The predicted molar refractivity (Wildman–Crippen MR) is 81.9 cm³/mol. The van der Waals surface area contributed by atoms with Crippen LogP contribution in [-0.2, 0) is 0 Å². The minimum absolute atomic E-state index is 0.00788. The van der Waals surface area contributed by atoms with Crippen LogP contribution in [0.4, 0.5) is 5.69 Å². The monoisotopic (exact) mass is 275 g/mol. The lowest BCUT2D eigenvalue weighted by Crippen LogP contribution is -2.33. The van der Waals surface area contributed by atoms with Crippen LogP contribution in [0.25, 0.3) is 0 Å². The summed E-state index contributed by atoms with van der Waals surface area (Å²) in [4.78, 5) is 18.3. The third-order valence-corrected chi connectivity index (χ3v) is 4.31. The zero-order valence-electron chi connectivity index (χ0n) is 12.8. The van der Waals surface area contributed by atoms with Crippen molar-refractivity contribution in [2.75, 3.05) is 25.0 Å². The molecule has 1 N–H and O–H groups in total. The zero-order valence-corrected chi connectivity index (χ0v) is 12.8. The Balaban J connectivity index is 2.01. The van der Waals surface area contributed by atoms with Gasteiger partial charge >= 0.3 is 0 Å². The van der Waals surface area contributed by atoms with Crippen LogP contribution >= 0.6 is 0 Å². The number of carbonyl (C=O) groups is 1. The van der Waals surface area contributed by atoms with Gasteiger partial charge in [0.1, 0.15) is 5.69 Å². The van der Waals surface area contributed by atoms with Crippen LogP contribution in [0.1, 0.15) is 50.5 Å². The highest BCUT2D eigenvalue weighted by Gasteiger charge is 2.31. The van der Waals surface area contributed by atoms with E-state index >= 15 is 0 Å². The Morgan fingerprint density at radius 2 is 2.10 bits per heavy atom. The lowest BCUT2D eigenvalue weighted by molar-refractivity contribution is 0.0767. The molecule has 4 nitrogen and oxygen atoms in total. The van der Waals surface area contributed by atoms with Gasteiger partial charge in [-0.2, -0.15) is 0 Å². The molecule has 1 saturated carbocycles. The van der Waals surface area contributed by atoms with E-state index in [1.807, 2.05) is 26.0 Å². The summed E-state index contributed by atoms with van der Waals surface area (Å²) in [5, 5.41) is 3.45. The molecule has 0 unspecified atom stereocenters. The van der Waals surface area contributed by atoms with Crippen molar-refractivity contribution >= 4 is 11.6 Å². The molecule has 0 bridgehead atoms. The molecule has 0 aromatic carbocycles. The Bertz CT molecular complexity index is 465. The third kappa shape index (κ3) is 3.30. The topological polar surface area (TPSA) is 45.2 Å². The maximum Gasteiger partial charge on any atom is 0.272 e. The first kappa shape index (κ1) is 14.8. The van der Waals surface area contributed by atoms with Crippen LogP contribution in [-0.4, -0.2) is 35.4 Å². The maximum atomic E-state index is 12.3. The van der Waals surface area contributed by atoms with Gasteiger partial charge in [0.25, 0.3) is 5.91 Å². The average molecular weight is 275 g/mol. The molecule has 20 heavy (non-hydrogen) atoms. The van der Waals surface area contributed by atoms with Crippen LogP contribution in [0.15, 0.2) is 18.3 Å². The SMILES string of the molecule is CCN(CC)C(=O)c1cc(NCC2(C)CCC2)ccn1. The first-order chi connectivity index (χ1) is 9.58. The van der Waals surface area contributed by atoms with E-state index in [9.17, 15) is 4.79 Å². The van der Waals surface area contributed by atoms with Crippen molar-refractivity contribution in [3.8, 4) is 0 Å². The zero-order chi connectivity index (χ0) is 14.6.